The van der Waals surface area contributed by atoms with Gasteiger partial charge in [-0.2, -0.15) is 5.10 Å². The highest BCUT2D eigenvalue weighted by molar-refractivity contribution is 9.39. The average molecular weight is 425 g/mol. The van der Waals surface area contributed by atoms with Crippen molar-refractivity contribution in [3.63, 3.8) is 0 Å². The number of benzene rings is 1. The van der Waals surface area contributed by atoms with Gasteiger partial charge in [-0.05, 0) is 11.6 Å². The van der Waals surface area contributed by atoms with Crippen LogP contribution in [0.2, 0.25) is 0 Å². The molecule has 3 nitrogen and oxygen atoms in total. The van der Waals surface area contributed by atoms with Gasteiger partial charge < -0.3 is 0 Å². The summed E-state index contributed by atoms with van der Waals surface area (Å²) in [5.41, 5.74) is 1.09. The third-order valence-corrected chi connectivity index (χ3v) is 3.41. The summed E-state index contributed by atoms with van der Waals surface area (Å²) in [4.78, 5) is 5.53. The van der Waals surface area contributed by atoms with Gasteiger partial charge >= 0.3 is 0 Å². The fourth-order valence-electron chi connectivity index (χ4n) is 1.23. The van der Waals surface area contributed by atoms with Gasteiger partial charge in [0.25, 0.3) is 0 Å². The quantitative estimate of drug-likeness (QED) is 0.668. The lowest BCUT2D eigenvalue weighted by molar-refractivity contribution is -0.114. The highest BCUT2D eigenvalue weighted by atomic mass is 80.0. The molecule has 1 aromatic rings. The van der Waals surface area contributed by atoms with Crippen LogP contribution < -0.4 is 0 Å². The van der Waals surface area contributed by atoms with Gasteiger partial charge in [-0.25, -0.2) is 4.84 Å². The van der Waals surface area contributed by atoms with Crippen LogP contribution in [-0.2, 0) is 4.84 Å². The minimum absolute atomic E-state index is 0.220. The summed E-state index contributed by atoms with van der Waals surface area (Å²) in [7, 11) is 0. The van der Waals surface area contributed by atoms with E-state index in [0.717, 1.165) is 5.56 Å². The van der Waals surface area contributed by atoms with Gasteiger partial charge in [0.15, 0.2) is 8.25 Å². The SMILES string of the molecule is BrC(Br)(Br)C1C=NN(C=Cc2ccccc2)O1. The monoisotopic (exact) mass is 422 g/mol. The summed E-state index contributed by atoms with van der Waals surface area (Å²) < 4.78 is -0.494. The molecule has 0 amide bonds. The fraction of sp³-hybridized carbons (Fsp3) is 0.182. The molecule has 17 heavy (non-hydrogen) atoms. The number of hydroxylamine groups is 1. The highest BCUT2D eigenvalue weighted by Crippen LogP contribution is 2.39. The third-order valence-electron chi connectivity index (χ3n) is 2.05. The first-order valence-electron chi connectivity index (χ1n) is 4.86. The maximum absolute atomic E-state index is 5.53. The number of halogens is 3. The molecule has 1 aromatic carbocycles. The molecule has 0 N–H and O–H groups in total. The molecule has 0 bridgehead atoms. The number of hydrogen-bond donors (Lipinski definition) is 0. The molecule has 0 saturated carbocycles. The van der Waals surface area contributed by atoms with E-state index >= 15 is 0 Å². The van der Waals surface area contributed by atoms with E-state index in [4.69, 9.17) is 4.84 Å². The molecule has 2 rings (SSSR count). The van der Waals surface area contributed by atoms with Crippen molar-refractivity contribution >= 4 is 60.1 Å². The first kappa shape index (κ1) is 13.3. The van der Waals surface area contributed by atoms with E-state index in [0.29, 0.717) is 0 Å². The van der Waals surface area contributed by atoms with Gasteiger partial charge in [-0.15, -0.1) is 5.17 Å². The topological polar surface area (TPSA) is 24.8 Å². The van der Waals surface area contributed by atoms with E-state index in [1.165, 1.54) is 5.17 Å². The lowest BCUT2D eigenvalue weighted by Gasteiger charge is -2.18. The second-order valence-corrected chi connectivity index (χ2v) is 10.3. The Morgan fingerprint density at radius 3 is 2.53 bits per heavy atom. The smallest absolute Gasteiger partial charge is 0.168 e. The zero-order valence-corrected chi connectivity index (χ0v) is 13.4. The van der Waals surface area contributed by atoms with E-state index in [9.17, 15) is 0 Å². The van der Waals surface area contributed by atoms with Gasteiger partial charge in [0.05, 0.1) is 12.4 Å². The van der Waals surface area contributed by atoms with Crippen LogP contribution in [0.3, 0.4) is 0 Å². The molecule has 0 saturated heterocycles. The third kappa shape index (κ3) is 3.91. The van der Waals surface area contributed by atoms with Crippen LogP contribution in [0.4, 0.5) is 0 Å². The summed E-state index contributed by atoms with van der Waals surface area (Å²) in [6, 6.07) is 9.97. The van der Waals surface area contributed by atoms with Crippen LogP contribution >= 0.6 is 47.8 Å². The van der Waals surface area contributed by atoms with Crippen LogP contribution in [0.1, 0.15) is 5.56 Å². The van der Waals surface area contributed by atoms with Crippen molar-refractivity contribution in [1.82, 2.24) is 5.17 Å². The molecule has 6 heteroatoms. The van der Waals surface area contributed by atoms with Crippen molar-refractivity contribution in [3.05, 3.63) is 42.1 Å². The van der Waals surface area contributed by atoms with Crippen molar-refractivity contribution in [3.8, 4) is 0 Å². The van der Waals surface area contributed by atoms with Crippen LogP contribution in [0.15, 0.2) is 41.6 Å². The minimum Gasteiger partial charge on any atom is -0.240 e. The van der Waals surface area contributed by atoms with Crippen LogP contribution in [0.5, 0.6) is 0 Å². The number of hydrogen-bond acceptors (Lipinski definition) is 3. The number of alkyl halides is 3. The van der Waals surface area contributed by atoms with Gasteiger partial charge in [0, 0.05) is 0 Å². The highest BCUT2D eigenvalue weighted by Gasteiger charge is 2.35. The first-order valence-corrected chi connectivity index (χ1v) is 7.24. The summed E-state index contributed by atoms with van der Waals surface area (Å²) >= 11 is 10.2. The molecule has 0 aromatic heterocycles. The van der Waals surface area contributed by atoms with Crippen LogP contribution in [0.25, 0.3) is 6.08 Å². The van der Waals surface area contributed by atoms with Gasteiger partial charge in [0.1, 0.15) is 0 Å². The second kappa shape index (κ2) is 5.65. The predicted molar refractivity (Wildman–Crippen MR) is 80.2 cm³/mol. The van der Waals surface area contributed by atoms with Gasteiger partial charge in [-0.3, -0.25) is 0 Å². The summed E-state index contributed by atoms with van der Waals surface area (Å²) in [6.45, 7) is 0. The molecule has 1 atom stereocenters. The Bertz CT molecular complexity index is 428. The molecular formula is C11H9Br3N2O. The largest absolute Gasteiger partial charge is 0.240 e. The molecule has 0 radical (unpaired) electrons. The molecule has 1 heterocycles. The van der Waals surface area contributed by atoms with Crippen molar-refractivity contribution < 1.29 is 4.84 Å². The number of rotatable bonds is 2. The van der Waals surface area contributed by atoms with Gasteiger partial charge in [0.2, 0.25) is 0 Å². The molecule has 1 aliphatic rings. The molecule has 0 spiro atoms. The van der Waals surface area contributed by atoms with E-state index in [1.54, 1.807) is 12.4 Å². The fourth-order valence-corrected chi connectivity index (χ4v) is 1.83. The maximum atomic E-state index is 5.53. The van der Waals surface area contributed by atoms with Crippen molar-refractivity contribution in [2.24, 2.45) is 5.10 Å². The Morgan fingerprint density at radius 1 is 1.24 bits per heavy atom. The van der Waals surface area contributed by atoms with Crippen molar-refractivity contribution in [2.75, 3.05) is 0 Å². The Hall–Kier alpha value is -0.170. The summed E-state index contributed by atoms with van der Waals surface area (Å²) in [5, 5.41) is 5.53. The normalized spacial score (nSPS) is 20.4. The maximum Gasteiger partial charge on any atom is 0.168 e. The van der Waals surface area contributed by atoms with E-state index < -0.39 is 2.14 Å². The second-order valence-electron chi connectivity index (χ2n) is 3.36. The minimum atomic E-state index is -0.494. The number of hydrazone groups is 1. The Balaban J connectivity index is 1.95. The lowest BCUT2D eigenvalue weighted by atomic mass is 10.2. The number of nitrogens with zero attached hydrogens (tertiary/aromatic N) is 2. The summed E-state index contributed by atoms with van der Waals surface area (Å²) in [5.74, 6) is 0. The van der Waals surface area contributed by atoms with Crippen LogP contribution in [-0.4, -0.2) is 19.6 Å². The predicted octanol–water partition coefficient (Wildman–Crippen LogP) is 4.10. The molecule has 0 fully saturated rings. The van der Waals surface area contributed by atoms with Crippen molar-refractivity contribution in [2.45, 2.75) is 8.25 Å². The van der Waals surface area contributed by atoms with E-state index in [1.807, 2.05) is 36.4 Å². The molecule has 0 aliphatic carbocycles. The van der Waals surface area contributed by atoms with E-state index in [2.05, 4.69) is 52.9 Å². The average Bonchev–Trinajstić information content (AvgIpc) is 2.76. The molecule has 1 unspecified atom stereocenters. The Labute approximate surface area is 125 Å². The van der Waals surface area contributed by atoms with Crippen molar-refractivity contribution in [1.29, 1.82) is 0 Å². The lowest BCUT2D eigenvalue weighted by Crippen LogP contribution is -2.27. The Morgan fingerprint density at radius 2 is 1.94 bits per heavy atom. The van der Waals surface area contributed by atoms with Gasteiger partial charge in [-0.1, -0.05) is 78.1 Å². The standard InChI is InChI=1S/C11H9Br3N2O/c12-11(13,14)10-8-15-16(17-10)7-6-9-4-2-1-3-5-9/h1-8,10H. The Kier molecular flexibility index (Phi) is 4.41. The van der Waals surface area contributed by atoms with Crippen LogP contribution in [0, 0.1) is 0 Å². The summed E-state index contributed by atoms with van der Waals surface area (Å²) in [6.07, 6.45) is 5.18. The molecule has 1 aliphatic heterocycles. The zero-order chi connectivity index (χ0) is 12.3. The molecular weight excluding hydrogens is 416 g/mol. The van der Waals surface area contributed by atoms with E-state index in [-0.39, 0.29) is 6.10 Å². The first-order chi connectivity index (χ1) is 8.05. The zero-order valence-electron chi connectivity index (χ0n) is 8.63. The molecule has 90 valence electrons.